The average molecular weight is 419 g/mol. The summed E-state index contributed by atoms with van der Waals surface area (Å²) >= 11 is 6.07. The summed E-state index contributed by atoms with van der Waals surface area (Å²) in [5.41, 5.74) is 5.96. The smallest absolute Gasteiger partial charge is 0.236 e. The van der Waals surface area contributed by atoms with E-state index in [0.717, 1.165) is 33.7 Å². The highest BCUT2D eigenvalue weighted by molar-refractivity contribution is 6.30. The van der Waals surface area contributed by atoms with Gasteiger partial charge in [0.25, 0.3) is 0 Å². The van der Waals surface area contributed by atoms with Gasteiger partial charge in [0.1, 0.15) is 5.65 Å². The third-order valence-corrected chi connectivity index (χ3v) is 5.26. The van der Waals surface area contributed by atoms with Gasteiger partial charge in [0, 0.05) is 37.4 Å². The maximum absolute atomic E-state index is 12.0. The van der Waals surface area contributed by atoms with Gasteiger partial charge in [0.2, 0.25) is 5.91 Å². The van der Waals surface area contributed by atoms with Crippen molar-refractivity contribution in [1.82, 2.24) is 19.6 Å². The van der Waals surface area contributed by atoms with Crippen LogP contribution in [-0.4, -0.2) is 40.8 Å². The molecule has 1 amide bonds. The average Bonchev–Trinajstić information content (AvgIpc) is 3.12. The molecule has 5 nitrogen and oxygen atoms in total. The molecule has 2 heterocycles. The third-order valence-electron chi connectivity index (χ3n) is 5.01. The number of nitrogens with zero attached hydrogens (tertiary/aromatic N) is 3. The molecule has 0 fully saturated rings. The molecule has 0 unspecified atom stereocenters. The van der Waals surface area contributed by atoms with Crippen LogP contribution < -0.4 is 5.32 Å². The number of halogens is 1. The lowest BCUT2D eigenvalue weighted by Crippen LogP contribution is -2.32. The summed E-state index contributed by atoms with van der Waals surface area (Å²) in [5, 5.41) is 3.95. The molecule has 2 aromatic carbocycles. The highest BCUT2D eigenvalue weighted by Crippen LogP contribution is 2.28. The SMILES string of the molecule is CN(C)C(=O)CNCc1c(-c2ccc(Cl)cc2)nc2ccc(-c3ccccc3)cn12. The molecule has 30 heavy (non-hydrogen) atoms. The van der Waals surface area contributed by atoms with Crippen molar-refractivity contribution in [3.8, 4) is 22.4 Å². The summed E-state index contributed by atoms with van der Waals surface area (Å²) in [5.74, 6) is 0.0295. The van der Waals surface area contributed by atoms with E-state index in [1.54, 1.807) is 19.0 Å². The first kappa shape index (κ1) is 20.1. The summed E-state index contributed by atoms with van der Waals surface area (Å²) in [6.45, 7) is 0.773. The summed E-state index contributed by atoms with van der Waals surface area (Å²) in [4.78, 5) is 18.4. The van der Waals surface area contributed by atoms with E-state index in [4.69, 9.17) is 16.6 Å². The Morgan fingerprint density at radius 1 is 0.967 bits per heavy atom. The van der Waals surface area contributed by atoms with E-state index in [1.165, 1.54) is 0 Å². The van der Waals surface area contributed by atoms with Crippen molar-refractivity contribution in [2.45, 2.75) is 6.54 Å². The molecular weight excluding hydrogens is 396 g/mol. The summed E-state index contributed by atoms with van der Waals surface area (Å²) in [7, 11) is 3.51. The van der Waals surface area contributed by atoms with Crippen LogP contribution in [0.1, 0.15) is 5.69 Å². The lowest BCUT2D eigenvalue weighted by atomic mass is 10.1. The fourth-order valence-corrected chi connectivity index (χ4v) is 3.47. The Morgan fingerprint density at radius 2 is 1.67 bits per heavy atom. The standard InChI is InChI=1S/C24H23ClN4O/c1-28(2)23(30)15-26-14-21-24(18-8-11-20(25)12-9-18)27-22-13-10-19(16-29(21)22)17-6-4-3-5-7-17/h3-13,16,26H,14-15H2,1-2H3. The molecular formula is C24H23ClN4O. The molecule has 0 saturated heterocycles. The summed E-state index contributed by atoms with van der Waals surface area (Å²) < 4.78 is 2.10. The second-order valence-electron chi connectivity index (χ2n) is 7.32. The molecule has 0 aliphatic carbocycles. The van der Waals surface area contributed by atoms with Crippen LogP contribution in [-0.2, 0) is 11.3 Å². The Kier molecular flexibility index (Phi) is 5.84. The Morgan fingerprint density at radius 3 is 2.37 bits per heavy atom. The molecule has 4 aromatic rings. The van der Waals surface area contributed by atoms with Crippen molar-refractivity contribution in [3.05, 3.63) is 83.6 Å². The second-order valence-corrected chi connectivity index (χ2v) is 7.75. The van der Waals surface area contributed by atoms with Crippen molar-refractivity contribution < 1.29 is 4.79 Å². The van der Waals surface area contributed by atoms with E-state index < -0.39 is 0 Å². The Hall–Kier alpha value is -3.15. The number of hydrogen-bond donors (Lipinski definition) is 1. The fourth-order valence-electron chi connectivity index (χ4n) is 3.35. The summed E-state index contributed by atoms with van der Waals surface area (Å²) in [6.07, 6.45) is 2.10. The van der Waals surface area contributed by atoms with Crippen LogP contribution in [0.2, 0.25) is 5.02 Å². The van der Waals surface area contributed by atoms with Crippen molar-refractivity contribution in [3.63, 3.8) is 0 Å². The molecule has 0 bridgehead atoms. The number of aromatic nitrogens is 2. The molecule has 0 radical (unpaired) electrons. The summed E-state index contributed by atoms with van der Waals surface area (Å²) in [6, 6.07) is 22.0. The van der Waals surface area contributed by atoms with Crippen LogP contribution in [0, 0.1) is 0 Å². The van der Waals surface area contributed by atoms with Crippen molar-refractivity contribution in [2.24, 2.45) is 0 Å². The van der Waals surface area contributed by atoms with E-state index in [0.29, 0.717) is 11.6 Å². The van der Waals surface area contributed by atoms with E-state index in [9.17, 15) is 4.79 Å². The first-order valence-corrected chi connectivity index (χ1v) is 10.1. The molecule has 0 aliphatic rings. The maximum Gasteiger partial charge on any atom is 0.236 e. The highest BCUT2D eigenvalue weighted by Gasteiger charge is 2.15. The van der Waals surface area contributed by atoms with E-state index in [1.807, 2.05) is 48.5 Å². The zero-order chi connectivity index (χ0) is 21.1. The minimum atomic E-state index is 0.0295. The number of hydrogen-bond acceptors (Lipinski definition) is 3. The number of benzene rings is 2. The third kappa shape index (κ3) is 4.22. The molecule has 0 aliphatic heterocycles. The molecule has 1 N–H and O–H groups in total. The van der Waals surface area contributed by atoms with E-state index in [-0.39, 0.29) is 12.5 Å². The maximum atomic E-state index is 12.0. The zero-order valence-electron chi connectivity index (χ0n) is 17.0. The minimum Gasteiger partial charge on any atom is -0.348 e. The van der Waals surface area contributed by atoms with Gasteiger partial charge in [-0.05, 0) is 35.4 Å². The quantitative estimate of drug-likeness (QED) is 0.501. The Bertz CT molecular complexity index is 1170. The second kappa shape index (κ2) is 8.69. The van der Waals surface area contributed by atoms with Gasteiger partial charge in [0.15, 0.2) is 0 Å². The van der Waals surface area contributed by atoms with Crippen LogP contribution >= 0.6 is 11.6 Å². The lowest BCUT2D eigenvalue weighted by Gasteiger charge is -2.12. The van der Waals surface area contributed by atoms with Crippen LogP contribution in [0.4, 0.5) is 0 Å². The van der Waals surface area contributed by atoms with Crippen LogP contribution in [0.25, 0.3) is 28.0 Å². The number of imidazole rings is 1. The number of nitrogens with one attached hydrogen (secondary N) is 1. The Labute approximate surface area is 180 Å². The number of fused-ring (bicyclic) bond motifs is 1. The number of carbonyl (C=O) groups excluding carboxylic acids is 1. The monoisotopic (exact) mass is 418 g/mol. The van der Waals surface area contributed by atoms with Crippen molar-refractivity contribution in [1.29, 1.82) is 0 Å². The van der Waals surface area contributed by atoms with Gasteiger partial charge in [-0.3, -0.25) is 4.79 Å². The molecule has 4 rings (SSSR count). The number of amides is 1. The van der Waals surface area contributed by atoms with E-state index >= 15 is 0 Å². The van der Waals surface area contributed by atoms with Crippen molar-refractivity contribution >= 4 is 23.2 Å². The largest absolute Gasteiger partial charge is 0.348 e. The van der Waals surface area contributed by atoms with Gasteiger partial charge in [-0.25, -0.2) is 4.98 Å². The van der Waals surface area contributed by atoms with Gasteiger partial charge in [-0.2, -0.15) is 0 Å². The first-order valence-electron chi connectivity index (χ1n) is 9.76. The van der Waals surface area contributed by atoms with Gasteiger partial charge >= 0.3 is 0 Å². The topological polar surface area (TPSA) is 49.6 Å². The predicted molar refractivity (Wildman–Crippen MR) is 121 cm³/mol. The zero-order valence-corrected chi connectivity index (χ0v) is 17.7. The fraction of sp³-hybridized carbons (Fsp3) is 0.167. The van der Waals surface area contributed by atoms with Gasteiger partial charge in [-0.1, -0.05) is 54.1 Å². The number of rotatable bonds is 6. The normalized spacial score (nSPS) is 11.0. The molecule has 152 valence electrons. The first-order chi connectivity index (χ1) is 14.5. The number of likely N-dealkylation sites (N-methyl/N-ethyl adjacent to an activating group) is 1. The molecule has 0 spiro atoms. The highest BCUT2D eigenvalue weighted by atomic mass is 35.5. The van der Waals surface area contributed by atoms with Gasteiger partial charge in [0.05, 0.1) is 17.9 Å². The Balaban J connectivity index is 1.77. The minimum absolute atomic E-state index is 0.0295. The van der Waals surface area contributed by atoms with Gasteiger partial charge < -0.3 is 14.6 Å². The number of carbonyl (C=O) groups is 1. The van der Waals surface area contributed by atoms with Gasteiger partial charge in [-0.15, -0.1) is 0 Å². The van der Waals surface area contributed by atoms with E-state index in [2.05, 4.69) is 34.1 Å². The van der Waals surface area contributed by atoms with Crippen LogP contribution in [0.15, 0.2) is 72.9 Å². The molecule has 0 atom stereocenters. The molecule has 0 saturated carbocycles. The predicted octanol–water partition coefficient (Wildman–Crippen LogP) is 4.50. The van der Waals surface area contributed by atoms with Crippen LogP contribution in [0.5, 0.6) is 0 Å². The number of pyridine rings is 1. The van der Waals surface area contributed by atoms with Crippen molar-refractivity contribution in [2.75, 3.05) is 20.6 Å². The lowest BCUT2D eigenvalue weighted by molar-refractivity contribution is -0.127. The molecule has 6 heteroatoms. The van der Waals surface area contributed by atoms with Crippen LogP contribution in [0.3, 0.4) is 0 Å². The molecule has 2 aromatic heterocycles.